The van der Waals surface area contributed by atoms with Gasteiger partial charge in [-0.15, -0.1) is 0 Å². The molecule has 0 aromatic carbocycles. The molecule has 1 aliphatic rings. The summed E-state index contributed by atoms with van der Waals surface area (Å²) in [5.74, 6) is 1.77. The molecule has 2 atom stereocenters. The van der Waals surface area contributed by atoms with Crippen LogP contribution in [-0.2, 0) is 0 Å². The quantitative estimate of drug-likeness (QED) is 0.556. The molecule has 13 heavy (non-hydrogen) atoms. The zero-order valence-corrected chi connectivity index (χ0v) is 9.69. The van der Waals surface area contributed by atoms with Crippen LogP contribution in [0.4, 0.5) is 0 Å². The van der Waals surface area contributed by atoms with E-state index in [1.54, 1.807) is 11.1 Å². The summed E-state index contributed by atoms with van der Waals surface area (Å²) in [6.45, 7) is 9.41. The van der Waals surface area contributed by atoms with Crippen molar-refractivity contribution in [2.75, 3.05) is 0 Å². The topological polar surface area (TPSA) is 0 Å². The van der Waals surface area contributed by atoms with Crippen LogP contribution in [0.1, 0.15) is 59.8 Å². The van der Waals surface area contributed by atoms with Crippen LogP contribution in [0.15, 0.2) is 11.1 Å². The van der Waals surface area contributed by atoms with E-state index in [1.807, 2.05) is 0 Å². The highest BCUT2D eigenvalue weighted by atomic mass is 14.3. The Morgan fingerprint density at radius 1 is 1.08 bits per heavy atom. The van der Waals surface area contributed by atoms with Gasteiger partial charge < -0.3 is 0 Å². The molecule has 0 saturated carbocycles. The fourth-order valence-corrected chi connectivity index (χ4v) is 2.60. The minimum absolute atomic E-state index is 0.862. The molecule has 1 rings (SSSR count). The highest BCUT2D eigenvalue weighted by Crippen LogP contribution is 2.40. The Morgan fingerprint density at radius 3 is 2.23 bits per heavy atom. The lowest BCUT2D eigenvalue weighted by molar-refractivity contribution is 0.468. The molecule has 0 aromatic heterocycles. The first-order valence-corrected chi connectivity index (χ1v) is 5.91. The van der Waals surface area contributed by atoms with Gasteiger partial charge in [0.2, 0.25) is 0 Å². The van der Waals surface area contributed by atoms with Crippen LogP contribution in [0.3, 0.4) is 0 Å². The lowest BCUT2D eigenvalue weighted by Gasteiger charge is -2.13. The van der Waals surface area contributed by atoms with Gasteiger partial charge in [0.1, 0.15) is 0 Å². The Hall–Kier alpha value is -0.260. The molecule has 0 bridgehead atoms. The third kappa shape index (κ3) is 2.36. The summed E-state index contributed by atoms with van der Waals surface area (Å²) in [5, 5.41) is 0. The second kappa shape index (κ2) is 4.83. The van der Waals surface area contributed by atoms with E-state index in [2.05, 4.69) is 27.7 Å². The fourth-order valence-electron chi connectivity index (χ4n) is 2.60. The van der Waals surface area contributed by atoms with E-state index in [9.17, 15) is 0 Å². The van der Waals surface area contributed by atoms with Crippen molar-refractivity contribution in [1.29, 1.82) is 0 Å². The predicted octanol–water partition coefficient (Wildman–Crippen LogP) is 4.56. The highest BCUT2D eigenvalue weighted by Gasteiger charge is 2.26. The molecule has 0 unspecified atom stereocenters. The zero-order valence-electron chi connectivity index (χ0n) is 9.69. The van der Waals surface area contributed by atoms with Gasteiger partial charge in [0.15, 0.2) is 0 Å². The monoisotopic (exact) mass is 180 g/mol. The van der Waals surface area contributed by atoms with Crippen molar-refractivity contribution in [3.8, 4) is 0 Å². The van der Waals surface area contributed by atoms with Crippen molar-refractivity contribution in [3.05, 3.63) is 11.1 Å². The molecule has 0 nitrogen and oxygen atoms in total. The van der Waals surface area contributed by atoms with Gasteiger partial charge in [-0.05, 0) is 31.1 Å². The van der Waals surface area contributed by atoms with Crippen molar-refractivity contribution >= 4 is 0 Å². The van der Waals surface area contributed by atoms with Crippen LogP contribution in [0.2, 0.25) is 0 Å². The van der Waals surface area contributed by atoms with Crippen LogP contribution in [0.25, 0.3) is 0 Å². The molecule has 0 heteroatoms. The van der Waals surface area contributed by atoms with E-state index in [1.165, 1.54) is 32.1 Å². The Balaban J connectivity index is 2.70. The van der Waals surface area contributed by atoms with Gasteiger partial charge in [-0.1, -0.05) is 51.7 Å². The minimum atomic E-state index is 0.862. The Morgan fingerprint density at radius 2 is 1.69 bits per heavy atom. The van der Waals surface area contributed by atoms with Crippen molar-refractivity contribution in [2.24, 2.45) is 11.8 Å². The summed E-state index contributed by atoms with van der Waals surface area (Å²) < 4.78 is 0. The van der Waals surface area contributed by atoms with Gasteiger partial charge in [0.25, 0.3) is 0 Å². The molecule has 0 aliphatic heterocycles. The maximum absolute atomic E-state index is 2.42. The zero-order chi connectivity index (χ0) is 9.84. The van der Waals surface area contributed by atoms with E-state index in [4.69, 9.17) is 0 Å². The van der Waals surface area contributed by atoms with Gasteiger partial charge in [0, 0.05) is 0 Å². The molecule has 0 heterocycles. The predicted molar refractivity (Wildman–Crippen MR) is 59.8 cm³/mol. The van der Waals surface area contributed by atoms with E-state index < -0.39 is 0 Å². The Kier molecular flexibility index (Phi) is 4.02. The van der Waals surface area contributed by atoms with E-state index in [0.717, 1.165) is 11.8 Å². The van der Waals surface area contributed by atoms with Gasteiger partial charge in [-0.25, -0.2) is 0 Å². The summed E-state index contributed by atoms with van der Waals surface area (Å²) >= 11 is 0. The average molecular weight is 180 g/mol. The lowest BCUT2D eigenvalue weighted by Crippen LogP contribution is -2.02. The largest absolute Gasteiger partial charge is 0.0705 e. The van der Waals surface area contributed by atoms with Gasteiger partial charge in [0.05, 0.1) is 0 Å². The summed E-state index contributed by atoms with van der Waals surface area (Å²) in [7, 11) is 0. The lowest BCUT2D eigenvalue weighted by atomic mass is 9.92. The van der Waals surface area contributed by atoms with Crippen LogP contribution < -0.4 is 0 Å². The van der Waals surface area contributed by atoms with Gasteiger partial charge >= 0.3 is 0 Å². The minimum Gasteiger partial charge on any atom is -0.0705 e. The SMILES string of the molecule is CCCC1=C(CCC)[C@@H](C)[C@H](C)C1. The van der Waals surface area contributed by atoms with Crippen LogP contribution in [-0.4, -0.2) is 0 Å². The molecule has 76 valence electrons. The first kappa shape index (κ1) is 10.8. The maximum Gasteiger partial charge on any atom is -0.0200 e. The van der Waals surface area contributed by atoms with Crippen molar-refractivity contribution in [2.45, 2.75) is 59.8 Å². The van der Waals surface area contributed by atoms with Crippen molar-refractivity contribution in [1.82, 2.24) is 0 Å². The molecule has 0 amide bonds. The fraction of sp³-hybridized carbons (Fsp3) is 0.846. The number of hydrogen-bond acceptors (Lipinski definition) is 0. The molecule has 0 spiro atoms. The Bertz CT molecular complexity index is 188. The third-order valence-corrected chi connectivity index (χ3v) is 3.50. The second-order valence-corrected chi connectivity index (χ2v) is 4.60. The van der Waals surface area contributed by atoms with Crippen LogP contribution in [0.5, 0.6) is 0 Å². The summed E-state index contributed by atoms with van der Waals surface area (Å²) in [6, 6.07) is 0. The Labute approximate surface area is 83.4 Å². The number of allylic oxidation sites excluding steroid dienone is 2. The second-order valence-electron chi connectivity index (χ2n) is 4.60. The molecule has 1 aliphatic carbocycles. The summed E-state index contributed by atoms with van der Waals surface area (Å²) in [4.78, 5) is 0. The summed E-state index contributed by atoms with van der Waals surface area (Å²) in [6.07, 6.45) is 6.72. The van der Waals surface area contributed by atoms with Crippen LogP contribution in [0, 0.1) is 11.8 Å². The first-order valence-electron chi connectivity index (χ1n) is 5.91. The van der Waals surface area contributed by atoms with Crippen LogP contribution >= 0.6 is 0 Å². The molecule has 0 aromatic rings. The number of rotatable bonds is 4. The average Bonchev–Trinajstić information content (AvgIpc) is 2.34. The molecule has 0 saturated heterocycles. The van der Waals surface area contributed by atoms with Crippen molar-refractivity contribution in [3.63, 3.8) is 0 Å². The highest BCUT2D eigenvalue weighted by molar-refractivity contribution is 5.23. The molecular weight excluding hydrogens is 156 g/mol. The standard InChI is InChI=1S/C13H24/c1-5-7-12-9-10(3)11(4)13(12)8-6-2/h10-11H,5-9H2,1-4H3/t10-,11+/m1/s1. The number of hydrogen-bond donors (Lipinski definition) is 0. The van der Waals surface area contributed by atoms with E-state index >= 15 is 0 Å². The smallest absolute Gasteiger partial charge is 0.0200 e. The van der Waals surface area contributed by atoms with E-state index in [-0.39, 0.29) is 0 Å². The molecule has 0 fully saturated rings. The normalized spacial score (nSPS) is 28.6. The third-order valence-electron chi connectivity index (χ3n) is 3.50. The first-order chi connectivity index (χ1) is 6.20. The van der Waals surface area contributed by atoms with Gasteiger partial charge in [-0.3, -0.25) is 0 Å². The van der Waals surface area contributed by atoms with E-state index in [0.29, 0.717) is 0 Å². The molecule has 0 radical (unpaired) electrons. The molecular formula is C13H24. The van der Waals surface area contributed by atoms with Gasteiger partial charge in [-0.2, -0.15) is 0 Å². The molecule has 0 N–H and O–H groups in total. The maximum atomic E-state index is 2.42. The van der Waals surface area contributed by atoms with Crippen molar-refractivity contribution < 1.29 is 0 Å². The summed E-state index contributed by atoms with van der Waals surface area (Å²) in [5.41, 5.74) is 3.60.